The average molecular weight is 259 g/mol. The molecule has 0 amide bonds. The van der Waals surface area contributed by atoms with Crippen molar-refractivity contribution >= 4 is 15.9 Å². The van der Waals surface area contributed by atoms with Gasteiger partial charge in [-0.05, 0) is 18.1 Å². The van der Waals surface area contributed by atoms with Crippen molar-refractivity contribution in [2.45, 2.75) is 18.5 Å². The quantitative estimate of drug-likeness (QED) is 0.610. The van der Waals surface area contributed by atoms with E-state index < -0.39 is 0 Å². The van der Waals surface area contributed by atoms with Gasteiger partial charge in [0.25, 0.3) is 0 Å². The number of hydrogen-bond donors (Lipinski definition) is 0. The molecule has 0 fully saturated rings. The molecule has 0 aliphatic heterocycles. The first-order chi connectivity index (χ1) is 6.74. The summed E-state index contributed by atoms with van der Waals surface area (Å²) in [5, 5.41) is 0.854. The van der Waals surface area contributed by atoms with Crippen molar-refractivity contribution in [2.24, 2.45) is 0 Å². The van der Waals surface area contributed by atoms with Crippen LogP contribution in [0, 0.1) is 6.92 Å². The SMILES string of the molecule is COC(OC)c1cccc(CBr)c1C. The summed E-state index contributed by atoms with van der Waals surface area (Å²) in [5.74, 6) is 0. The van der Waals surface area contributed by atoms with Gasteiger partial charge in [0.1, 0.15) is 0 Å². The summed E-state index contributed by atoms with van der Waals surface area (Å²) < 4.78 is 10.5. The molecule has 3 heteroatoms. The molecule has 1 rings (SSSR count). The van der Waals surface area contributed by atoms with E-state index in [4.69, 9.17) is 9.47 Å². The molecular weight excluding hydrogens is 244 g/mol. The fourth-order valence-electron chi connectivity index (χ4n) is 1.45. The highest BCUT2D eigenvalue weighted by atomic mass is 79.9. The Morgan fingerprint density at radius 2 is 1.93 bits per heavy atom. The molecule has 0 aliphatic rings. The fourth-order valence-corrected chi connectivity index (χ4v) is 2.06. The predicted molar refractivity (Wildman–Crippen MR) is 60.6 cm³/mol. The van der Waals surface area contributed by atoms with Crippen molar-refractivity contribution in [1.82, 2.24) is 0 Å². The second kappa shape index (κ2) is 5.49. The van der Waals surface area contributed by atoms with E-state index in [-0.39, 0.29) is 6.29 Å². The van der Waals surface area contributed by atoms with Gasteiger partial charge in [0.05, 0.1) is 0 Å². The first kappa shape index (κ1) is 11.7. The minimum atomic E-state index is -0.269. The number of methoxy groups -OCH3 is 2. The van der Waals surface area contributed by atoms with Gasteiger partial charge in [-0.1, -0.05) is 34.1 Å². The summed E-state index contributed by atoms with van der Waals surface area (Å²) in [7, 11) is 3.29. The number of alkyl halides is 1. The van der Waals surface area contributed by atoms with Crippen molar-refractivity contribution in [2.75, 3.05) is 14.2 Å². The number of rotatable bonds is 4. The van der Waals surface area contributed by atoms with Crippen LogP contribution in [0.2, 0.25) is 0 Å². The van der Waals surface area contributed by atoms with Crippen LogP contribution in [0.1, 0.15) is 23.0 Å². The van der Waals surface area contributed by atoms with Gasteiger partial charge in [-0.25, -0.2) is 0 Å². The van der Waals surface area contributed by atoms with Crippen molar-refractivity contribution in [3.05, 3.63) is 34.9 Å². The van der Waals surface area contributed by atoms with Crippen LogP contribution in [0.15, 0.2) is 18.2 Å². The molecule has 0 N–H and O–H groups in total. The monoisotopic (exact) mass is 258 g/mol. The second-order valence-electron chi connectivity index (χ2n) is 3.07. The summed E-state index contributed by atoms with van der Waals surface area (Å²) in [5.41, 5.74) is 3.58. The lowest BCUT2D eigenvalue weighted by Crippen LogP contribution is -2.06. The van der Waals surface area contributed by atoms with Crippen LogP contribution < -0.4 is 0 Å². The minimum Gasteiger partial charge on any atom is -0.352 e. The Balaban J connectivity index is 3.07. The van der Waals surface area contributed by atoms with Crippen LogP contribution in [-0.2, 0) is 14.8 Å². The van der Waals surface area contributed by atoms with Gasteiger partial charge in [0.15, 0.2) is 6.29 Å². The van der Waals surface area contributed by atoms with E-state index in [1.807, 2.05) is 12.1 Å². The van der Waals surface area contributed by atoms with Gasteiger partial charge in [-0.3, -0.25) is 0 Å². The van der Waals surface area contributed by atoms with Gasteiger partial charge < -0.3 is 9.47 Å². The summed E-state index contributed by atoms with van der Waals surface area (Å²) >= 11 is 3.45. The normalized spacial score (nSPS) is 10.9. The smallest absolute Gasteiger partial charge is 0.183 e. The highest BCUT2D eigenvalue weighted by Gasteiger charge is 2.12. The lowest BCUT2D eigenvalue weighted by atomic mass is 10.0. The zero-order chi connectivity index (χ0) is 10.6. The maximum Gasteiger partial charge on any atom is 0.183 e. The molecule has 0 heterocycles. The Kier molecular flexibility index (Phi) is 4.58. The van der Waals surface area contributed by atoms with E-state index in [1.54, 1.807) is 14.2 Å². The highest BCUT2D eigenvalue weighted by Crippen LogP contribution is 2.24. The number of halogens is 1. The zero-order valence-electron chi connectivity index (χ0n) is 8.71. The van der Waals surface area contributed by atoms with Crippen molar-refractivity contribution in [1.29, 1.82) is 0 Å². The van der Waals surface area contributed by atoms with Gasteiger partial charge in [0, 0.05) is 25.1 Å². The van der Waals surface area contributed by atoms with Gasteiger partial charge >= 0.3 is 0 Å². The molecule has 1 aromatic rings. The molecule has 0 bridgehead atoms. The predicted octanol–water partition coefficient (Wildman–Crippen LogP) is 3.18. The maximum absolute atomic E-state index is 5.23. The lowest BCUT2D eigenvalue weighted by Gasteiger charge is -2.17. The van der Waals surface area contributed by atoms with Crippen LogP contribution in [0.3, 0.4) is 0 Å². The Bertz CT molecular complexity index is 295. The van der Waals surface area contributed by atoms with Crippen LogP contribution in [0.4, 0.5) is 0 Å². The molecular formula is C11H15BrO2. The first-order valence-corrected chi connectivity index (χ1v) is 5.56. The maximum atomic E-state index is 5.23. The van der Waals surface area contributed by atoms with E-state index in [2.05, 4.69) is 28.9 Å². The molecule has 0 spiro atoms. The molecule has 78 valence electrons. The number of ether oxygens (including phenoxy) is 2. The first-order valence-electron chi connectivity index (χ1n) is 4.44. The third-order valence-electron chi connectivity index (χ3n) is 2.31. The van der Waals surface area contributed by atoms with E-state index in [0.717, 1.165) is 10.9 Å². The summed E-state index contributed by atoms with van der Waals surface area (Å²) in [6.45, 7) is 2.08. The molecule has 2 nitrogen and oxygen atoms in total. The van der Waals surface area contributed by atoms with Crippen LogP contribution in [-0.4, -0.2) is 14.2 Å². The fraction of sp³-hybridized carbons (Fsp3) is 0.455. The Hall–Kier alpha value is -0.380. The summed E-state index contributed by atoms with van der Waals surface area (Å²) in [4.78, 5) is 0. The molecule has 0 aromatic heterocycles. The zero-order valence-corrected chi connectivity index (χ0v) is 10.3. The molecule has 14 heavy (non-hydrogen) atoms. The topological polar surface area (TPSA) is 18.5 Å². The molecule has 0 radical (unpaired) electrons. The van der Waals surface area contributed by atoms with Crippen LogP contribution in [0.25, 0.3) is 0 Å². The Labute approximate surface area is 93.4 Å². The van der Waals surface area contributed by atoms with Crippen molar-refractivity contribution in [3.63, 3.8) is 0 Å². The van der Waals surface area contributed by atoms with Crippen molar-refractivity contribution in [3.8, 4) is 0 Å². The van der Waals surface area contributed by atoms with E-state index >= 15 is 0 Å². The lowest BCUT2D eigenvalue weighted by molar-refractivity contribution is -0.106. The number of benzene rings is 1. The molecule has 0 saturated carbocycles. The van der Waals surface area contributed by atoms with Gasteiger partial charge in [0.2, 0.25) is 0 Å². The minimum absolute atomic E-state index is 0.269. The van der Waals surface area contributed by atoms with Crippen LogP contribution >= 0.6 is 15.9 Å². The third kappa shape index (κ3) is 2.35. The average Bonchev–Trinajstić information content (AvgIpc) is 2.22. The van der Waals surface area contributed by atoms with E-state index in [1.165, 1.54) is 11.1 Å². The van der Waals surface area contributed by atoms with E-state index in [0.29, 0.717) is 0 Å². The number of hydrogen-bond acceptors (Lipinski definition) is 2. The third-order valence-corrected chi connectivity index (χ3v) is 2.92. The molecule has 0 aliphatic carbocycles. The highest BCUT2D eigenvalue weighted by molar-refractivity contribution is 9.08. The second-order valence-corrected chi connectivity index (χ2v) is 3.63. The summed E-state index contributed by atoms with van der Waals surface area (Å²) in [6.07, 6.45) is -0.269. The molecule has 0 unspecified atom stereocenters. The largest absolute Gasteiger partial charge is 0.352 e. The van der Waals surface area contributed by atoms with Gasteiger partial charge in [-0.15, -0.1) is 0 Å². The van der Waals surface area contributed by atoms with E-state index in [9.17, 15) is 0 Å². The Morgan fingerprint density at radius 1 is 1.29 bits per heavy atom. The van der Waals surface area contributed by atoms with Crippen LogP contribution in [0.5, 0.6) is 0 Å². The molecule has 1 aromatic carbocycles. The van der Waals surface area contributed by atoms with Crippen molar-refractivity contribution < 1.29 is 9.47 Å². The summed E-state index contributed by atoms with van der Waals surface area (Å²) in [6, 6.07) is 6.14. The Morgan fingerprint density at radius 3 is 2.43 bits per heavy atom. The molecule has 0 atom stereocenters. The van der Waals surface area contributed by atoms with Gasteiger partial charge in [-0.2, -0.15) is 0 Å². The molecule has 0 saturated heterocycles. The standard InChI is InChI=1S/C11H15BrO2/c1-8-9(7-12)5-4-6-10(8)11(13-2)14-3/h4-6,11H,7H2,1-3H3.